The molecule has 0 radical (unpaired) electrons. The second kappa shape index (κ2) is 13.6. The van der Waals surface area contributed by atoms with Gasteiger partial charge < -0.3 is 20.2 Å². The highest BCUT2D eigenvalue weighted by Gasteiger charge is 2.27. The van der Waals surface area contributed by atoms with Gasteiger partial charge in [0.05, 0.1) is 6.54 Å². The predicted octanol–water partition coefficient (Wildman–Crippen LogP) is 2.00. The fourth-order valence-corrected chi connectivity index (χ4v) is 4.19. The molecule has 2 aliphatic heterocycles. The van der Waals surface area contributed by atoms with E-state index in [0.29, 0.717) is 6.54 Å². The Hall–Kier alpha value is -0.610. The summed E-state index contributed by atoms with van der Waals surface area (Å²) in [5.74, 6) is 1.25. The molecule has 0 saturated carbocycles. The molecule has 0 atom stereocenters. The molecule has 7 nitrogen and oxygen atoms in total. The zero-order valence-electron chi connectivity index (χ0n) is 18.7. The Bertz CT molecular complexity index is 499. The van der Waals surface area contributed by atoms with E-state index >= 15 is 0 Å². The lowest BCUT2D eigenvalue weighted by atomic mass is 9.79. The molecule has 2 saturated heterocycles. The van der Waals surface area contributed by atoms with Crippen LogP contribution in [0.3, 0.4) is 0 Å². The highest BCUT2D eigenvalue weighted by atomic mass is 127. The van der Waals surface area contributed by atoms with E-state index in [4.69, 9.17) is 4.99 Å². The largest absolute Gasteiger partial charge is 0.396 e. The molecule has 0 aromatic rings. The average Bonchev–Trinajstić information content (AvgIpc) is 3.26. The van der Waals surface area contributed by atoms with Crippen molar-refractivity contribution in [3.63, 3.8) is 0 Å². The molecule has 29 heavy (non-hydrogen) atoms. The summed E-state index contributed by atoms with van der Waals surface area (Å²) < 4.78 is 0. The van der Waals surface area contributed by atoms with Gasteiger partial charge in [0.2, 0.25) is 5.91 Å². The number of nitrogens with zero attached hydrogens (tertiary/aromatic N) is 4. The third-order valence-electron chi connectivity index (χ3n) is 6.53. The molecule has 0 aromatic carbocycles. The van der Waals surface area contributed by atoms with Crippen molar-refractivity contribution >= 4 is 35.8 Å². The Morgan fingerprint density at radius 1 is 1.00 bits per heavy atom. The number of rotatable bonds is 9. The maximum absolute atomic E-state index is 12.4. The number of hydrogen-bond acceptors (Lipinski definition) is 4. The molecule has 0 unspecified atom stereocenters. The molecule has 2 heterocycles. The number of halogens is 1. The first kappa shape index (κ1) is 26.4. The van der Waals surface area contributed by atoms with Crippen molar-refractivity contribution in [1.29, 1.82) is 0 Å². The summed E-state index contributed by atoms with van der Waals surface area (Å²) in [5, 5.41) is 12.9. The molecule has 0 aliphatic carbocycles. The first-order valence-corrected chi connectivity index (χ1v) is 11.2. The van der Waals surface area contributed by atoms with Gasteiger partial charge in [0, 0.05) is 59.0 Å². The molecule has 0 spiro atoms. The van der Waals surface area contributed by atoms with Gasteiger partial charge in [0.15, 0.2) is 5.96 Å². The molecule has 170 valence electrons. The highest BCUT2D eigenvalue weighted by molar-refractivity contribution is 14.0. The van der Waals surface area contributed by atoms with Crippen LogP contribution in [0.1, 0.15) is 52.9 Å². The Balaban J connectivity index is 0.00000420. The number of aliphatic hydroxyl groups is 1. The number of likely N-dealkylation sites (tertiary alicyclic amines) is 1. The van der Waals surface area contributed by atoms with Crippen molar-refractivity contribution in [3.8, 4) is 0 Å². The van der Waals surface area contributed by atoms with E-state index < -0.39 is 0 Å². The van der Waals surface area contributed by atoms with E-state index in [9.17, 15) is 9.90 Å². The molecule has 1 amide bonds. The van der Waals surface area contributed by atoms with Crippen molar-refractivity contribution in [2.45, 2.75) is 52.9 Å². The second-order valence-electron chi connectivity index (χ2n) is 8.20. The van der Waals surface area contributed by atoms with Crippen LogP contribution in [-0.4, -0.2) is 97.2 Å². The number of hydrogen-bond donors (Lipinski definition) is 2. The van der Waals surface area contributed by atoms with E-state index in [-0.39, 0.29) is 41.9 Å². The van der Waals surface area contributed by atoms with Crippen molar-refractivity contribution in [3.05, 3.63) is 0 Å². The minimum Gasteiger partial charge on any atom is -0.396 e. The Morgan fingerprint density at radius 2 is 1.62 bits per heavy atom. The fourth-order valence-electron chi connectivity index (χ4n) is 4.19. The number of piperazine rings is 1. The van der Waals surface area contributed by atoms with Crippen LogP contribution in [0.25, 0.3) is 0 Å². The van der Waals surface area contributed by atoms with Crippen LogP contribution < -0.4 is 5.32 Å². The Morgan fingerprint density at radius 3 is 2.14 bits per heavy atom. The Kier molecular flexibility index (Phi) is 12.4. The van der Waals surface area contributed by atoms with Crippen LogP contribution in [0, 0.1) is 5.41 Å². The number of amides is 1. The third kappa shape index (κ3) is 7.86. The van der Waals surface area contributed by atoms with Crippen LogP contribution in [0.4, 0.5) is 0 Å². The quantitative estimate of drug-likeness (QED) is 0.275. The van der Waals surface area contributed by atoms with Gasteiger partial charge in [-0.05, 0) is 44.4 Å². The summed E-state index contributed by atoms with van der Waals surface area (Å²) in [5.41, 5.74) is 0.0827. The summed E-state index contributed by atoms with van der Waals surface area (Å²) in [6, 6.07) is 0. The van der Waals surface area contributed by atoms with Crippen molar-refractivity contribution in [2.24, 2.45) is 10.4 Å². The van der Waals surface area contributed by atoms with E-state index in [1.165, 1.54) is 0 Å². The van der Waals surface area contributed by atoms with Crippen molar-refractivity contribution < 1.29 is 9.90 Å². The maximum Gasteiger partial charge on any atom is 0.236 e. The van der Waals surface area contributed by atoms with Crippen molar-refractivity contribution in [1.82, 2.24) is 20.0 Å². The van der Waals surface area contributed by atoms with E-state index in [1.807, 2.05) is 4.90 Å². The summed E-state index contributed by atoms with van der Waals surface area (Å²) in [6.45, 7) is 14.3. The summed E-state index contributed by atoms with van der Waals surface area (Å²) in [7, 11) is 0. The first-order valence-electron chi connectivity index (χ1n) is 11.2. The van der Waals surface area contributed by atoms with E-state index in [2.05, 4.69) is 35.9 Å². The van der Waals surface area contributed by atoms with Gasteiger partial charge in [-0.1, -0.05) is 13.8 Å². The minimum atomic E-state index is 0. The number of carbonyl (C=O) groups is 1. The van der Waals surface area contributed by atoms with Crippen LogP contribution in [0.15, 0.2) is 4.99 Å². The molecular formula is C21H42IN5O2. The van der Waals surface area contributed by atoms with Gasteiger partial charge in [0.1, 0.15) is 0 Å². The van der Waals surface area contributed by atoms with Crippen molar-refractivity contribution in [2.75, 3.05) is 65.5 Å². The topological polar surface area (TPSA) is 71.4 Å². The average molecular weight is 524 g/mol. The van der Waals surface area contributed by atoms with Gasteiger partial charge in [0.25, 0.3) is 0 Å². The number of guanidine groups is 1. The normalized spacial score (nSPS) is 18.7. The molecule has 0 bridgehead atoms. The minimum absolute atomic E-state index is 0. The van der Waals surface area contributed by atoms with Gasteiger partial charge in [-0.25, -0.2) is 0 Å². The zero-order chi connectivity index (χ0) is 20.4. The number of aliphatic imine (C=N–C) groups is 1. The second-order valence-corrected chi connectivity index (χ2v) is 8.20. The van der Waals surface area contributed by atoms with Gasteiger partial charge in [-0.2, -0.15) is 0 Å². The monoisotopic (exact) mass is 523 g/mol. The lowest BCUT2D eigenvalue weighted by molar-refractivity contribution is -0.131. The van der Waals surface area contributed by atoms with Gasteiger partial charge >= 0.3 is 0 Å². The molecule has 2 N–H and O–H groups in total. The van der Waals surface area contributed by atoms with Crippen LogP contribution in [-0.2, 0) is 4.79 Å². The highest BCUT2D eigenvalue weighted by Crippen LogP contribution is 2.30. The standard InChI is InChI=1S/C21H41N5O2.HI/c1-4-21(5-2,9-16-27)18-23-20(22-6-3)26-14-12-24(13-15-26)17-19(28)25-10-7-8-11-25;/h27H,4-18H2,1-3H3,(H,22,23);1H. The molecule has 8 heteroatoms. The summed E-state index contributed by atoms with van der Waals surface area (Å²) >= 11 is 0. The molecule has 2 aliphatic rings. The first-order chi connectivity index (χ1) is 13.6. The number of aliphatic hydroxyl groups excluding tert-OH is 1. The predicted molar refractivity (Wildman–Crippen MR) is 130 cm³/mol. The zero-order valence-corrected chi connectivity index (χ0v) is 21.0. The van der Waals surface area contributed by atoms with E-state index in [0.717, 1.165) is 90.4 Å². The summed E-state index contributed by atoms with van der Waals surface area (Å²) in [4.78, 5) is 23.9. The van der Waals surface area contributed by atoms with Gasteiger partial charge in [-0.3, -0.25) is 14.7 Å². The van der Waals surface area contributed by atoms with Gasteiger partial charge in [-0.15, -0.1) is 24.0 Å². The molecular weight excluding hydrogens is 481 g/mol. The van der Waals surface area contributed by atoms with E-state index in [1.54, 1.807) is 0 Å². The Labute approximate surface area is 194 Å². The third-order valence-corrected chi connectivity index (χ3v) is 6.53. The molecule has 0 aromatic heterocycles. The molecule has 2 rings (SSSR count). The fraction of sp³-hybridized carbons (Fsp3) is 0.905. The lowest BCUT2D eigenvalue weighted by Gasteiger charge is -2.37. The van der Waals surface area contributed by atoms with Crippen LogP contribution >= 0.6 is 24.0 Å². The smallest absolute Gasteiger partial charge is 0.236 e. The maximum atomic E-state index is 12.4. The SMILES string of the molecule is CCNC(=NCC(CC)(CC)CCO)N1CCN(CC(=O)N2CCCC2)CC1.I. The van der Waals surface area contributed by atoms with Crippen LogP contribution in [0.5, 0.6) is 0 Å². The lowest BCUT2D eigenvalue weighted by Crippen LogP contribution is -2.54. The summed E-state index contributed by atoms with van der Waals surface area (Å²) in [6.07, 6.45) is 5.15. The number of nitrogens with one attached hydrogen (secondary N) is 1. The molecule has 2 fully saturated rings. The van der Waals surface area contributed by atoms with Crippen LogP contribution in [0.2, 0.25) is 0 Å². The number of carbonyl (C=O) groups excluding carboxylic acids is 1.